The first-order chi connectivity index (χ1) is 5.34. The topological polar surface area (TPSA) is 26.3 Å². The molecule has 0 saturated carbocycles. The molecule has 3 aliphatic rings. The molecular weight excluding hydrogens is 140 g/mol. The molecule has 2 fully saturated rings. The molecule has 0 N–H and O–H groups in total. The van der Waals surface area contributed by atoms with Crippen molar-refractivity contribution in [1.82, 2.24) is 0 Å². The van der Waals surface area contributed by atoms with Crippen LogP contribution in [0.4, 0.5) is 0 Å². The fourth-order valence-electron chi connectivity index (χ4n) is 2.59. The summed E-state index contributed by atoms with van der Waals surface area (Å²) in [5.41, 5.74) is 0. The van der Waals surface area contributed by atoms with Gasteiger partial charge in [0.25, 0.3) is 0 Å². The van der Waals surface area contributed by atoms with E-state index in [1.807, 2.05) is 6.08 Å². The van der Waals surface area contributed by atoms with E-state index in [9.17, 15) is 4.79 Å². The summed E-state index contributed by atoms with van der Waals surface area (Å²) in [5.74, 6) is 1.05. The van der Waals surface area contributed by atoms with E-state index < -0.39 is 0 Å². The number of allylic oxidation sites excluding steroid dienone is 1. The summed E-state index contributed by atoms with van der Waals surface area (Å²) in [5, 5.41) is 0. The summed E-state index contributed by atoms with van der Waals surface area (Å²) in [6, 6.07) is 0. The fourth-order valence-corrected chi connectivity index (χ4v) is 2.59. The molecule has 0 aromatic heterocycles. The SMILES string of the molecule is O=C1C=CC2CC3CC1C2O3. The molecule has 58 valence electrons. The number of carbonyl (C=O) groups excluding carboxylic acids is 1. The summed E-state index contributed by atoms with van der Waals surface area (Å²) >= 11 is 0. The molecule has 2 aliphatic heterocycles. The molecule has 2 saturated heterocycles. The van der Waals surface area contributed by atoms with Crippen molar-refractivity contribution in [2.75, 3.05) is 0 Å². The molecule has 0 radical (unpaired) electrons. The van der Waals surface area contributed by atoms with Crippen LogP contribution in [-0.2, 0) is 9.53 Å². The fraction of sp³-hybridized carbons (Fsp3) is 0.667. The maximum absolute atomic E-state index is 11.3. The van der Waals surface area contributed by atoms with Crippen molar-refractivity contribution in [1.29, 1.82) is 0 Å². The van der Waals surface area contributed by atoms with Crippen molar-refractivity contribution in [3.8, 4) is 0 Å². The van der Waals surface area contributed by atoms with Crippen LogP contribution >= 0.6 is 0 Å². The lowest BCUT2D eigenvalue weighted by Gasteiger charge is -2.25. The largest absolute Gasteiger partial charge is 0.374 e. The van der Waals surface area contributed by atoms with E-state index in [0.717, 1.165) is 12.8 Å². The molecule has 0 aromatic rings. The summed E-state index contributed by atoms with van der Waals surface area (Å²) in [6.07, 6.45) is 6.54. The molecule has 2 heteroatoms. The Kier molecular flexibility index (Phi) is 0.946. The van der Waals surface area contributed by atoms with Crippen molar-refractivity contribution in [3.63, 3.8) is 0 Å². The van der Waals surface area contributed by atoms with Gasteiger partial charge in [0.2, 0.25) is 0 Å². The Morgan fingerprint density at radius 3 is 3.09 bits per heavy atom. The van der Waals surface area contributed by atoms with Gasteiger partial charge in [-0.2, -0.15) is 0 Å². The zero-order valence-electron chi connectivity index (χ0n) is 6.19. The summed E-state index contributed by atoms with van der Waals surface area (Å²) in [6.45, 7) is 0. The smallest absolute Gasteiger partial charge is 0.161 e. The zero-order valence-corrected chi connectivity index (χ0v) is 6.19. The number of carbonyl (C=O) groups is 1. The van der Waals surface area contributed by atoms with Crippen LogP contribution in [0.3, 0.4) is 0 Å². The van der Waals surface area contributed by atoms with Gasteiger partial charge in [-0.1, -0.05) is 6.08 Å². The van der Waals surface area contributed by atoms with Gasteiger partial charge >= 0.3 is 0 Å². The van der Waals surface area contributed by atoms with Gasteiger partial charge in [-0.15, -0.1) is 0 Å². The molecule has 0 spiro atoms. The molecule has 4 atom stereocenters. The lowest BCUT2D eigenvalue weighted by atomic mass is 9.75. The van der Waals surface area contributed by atoms with E-state index in [2.05, 4.69) is 0 Å². The first-order valence-electron chi connectivity index (χ1n) is 4.22. The average Bonchev–Trinajstić information content (AvgIpc) is 2.54. The van der Waals surface area contributed by atoms with Crippen LogP contribution in [0.5, 0.6) is 0 Å². The second kappa shape index (κ2) is 1.75. The quantitative estimate of drug-likeness (QED) is 0.513. The van der Waals surface area contributed by atoms with Gasteiger partial charge in [-0.3, -0.25) is 4.79 Å². The van der Waals surface area contributed by atoms with Crippen LogP contribution in [-0.4, -0.2) is 18.0 Å². The average molecular weight is 150 g/mol. The van der Waals surface area contributed by atoms with E-state index in [-0.39, 0.29) is 17.8 Å². The van der Waals surface area contributed by atoms with Gasteiger partial charge in [0.1, 0.15) is 0 Å². The maximum Gasteiger partial charge on any atom is 0.161 e. The Labute approximate surface area is 65.2 Å². The highest BCUT2D eigenvalue weighted by Gasteiger charge is 2.50. The van der Waals surface area contributed by atoms with Crippen LogP contribution in [0, 0.1) is 11.8 Å². The molecule has 2 heterocycles. The predicted molar refractivity (Wildman–Crippen MR) is 39.0 cm³/mol. The van der Waals surface area contributed by atoms with E-state index in [1.165, 1.54) is 0 Å². The van der Waals surface area contributed by atoms with E-state index in [0.29, 0.717) is 12.0 Å². The minimum atomic E-state index is 0.212. The van der Waals surface area contributed by atoms with Gasteiger partial charge < -0.3 is 4.74 Å². The van der Waals surface area contributed by atoms with Gasteiger partial charge in [-0.05, 0) is 18.9 Å². The van der Waals surface area contributed by atoms with Crippen LogP contribution in [0.15, 0.2) is 12.2 Å². The first kappa shape index (κ1) is 5.95. The lowest BCUT2D eigenvalue weighted by molar-refractivity contribution is -0.120. The maximum atomic E-state index is 11.3. The second-order valence-electron chi connectivity index (χ2n) is 3.73. The Morgan fingerprint density at radius 1 is 1.45 bits per heavy atom. The highest BCUT2D eigenvalue weighted by atomic mass is 16.5. The number of hydrogen-bond acceptors (Lipinski definition) is 2. The minimum absolute atomic E-state index is 0.212. The van der Waals surface area contributed by atoms with Gasteiger partial charge in [0.05, 0.1) is 18.1 Å². The van der Waals surface area contributed by atoms with Crippen molar-refractivity contribution < 1.29 is 9.53 Å². The summed E-state index contributed by atoms with van der Waals surface area (Å²) < 4.78 is 5.64. The Bertz CT molecular complexity index is 244. The highest BCUT2D eigenvalue weighted by Crippen LogP contribution is 2.45. The van der Waals surface area contributed by atoms with Crippen molar-refractivity contribution in [2.24, 2.45) is 11.8 Å². The number of rotatable bonds is 0. The second-order valence-corrected chi connectivity index (χ2v) is 3.73. The first-order valence-corrected chi connectivity index (χ1v) is 4.22. The third-order valence-corrected chi connectivity index (χ3v) is 3.09. The Balaban J connectivity index is 2.06. The lowest BCUT2D eigenvalue weighted by Crippen LogP contribution is -2.33. The van der Waals surface area contributed by atoms with E-state index in [4.69, 9.17) is 4.74 Å². The normalized spacial score (nSPS) is 52.2. The highest BCUT2D eigenvalue weighted by molar-refractivity contribution is 5.93. The predicted octanol–water partition coefficient (Wildman–Crippen LogP) is 0.919. The molecule has 3 rings (SSSR count). The monoisotopic (exact) mass is 150 g/mol. The summed E-state index contributed by atoms with van der Waals surface area (Å²) in [7, 11) is 0. The molecule has 0 amide bonds. The molecule has 4 unspecified atom stereocenters. The number of fused-ring (bicyclic) bond motifs is 1. The molecule has 1 aliphatic carbocycles. The van der Waals surface area contributed by atoms with Gasteiger partial charge in [0.15, 0.2) is 5.78 Å². The number of ketones is 1. The van der Waals surface area contributed by atoms with Crippen LogP contribution in [0.2, 0.25) is 0 Å². The summed E-state index contributed by atoms with van der Waals surface area (Å²) in [4.78, 5) is 11.3. The molecule has 2 nitrogen and oxygen atoms in total. The number of hydrogen-bond donors (Lipinski definition) is 0. The standard InChI is InChI=1S/C9H10O2/c10-8-2-1-5-3-6-4-7(8)9(5)11-6/h1-2,5-7,9H,3-4H2. The van der Waals surface area contributed by atoms with Crippen molar-refractivity contribution >= 4 is 5.78 Å². The van der Waals surface area contributed by atoms with Crippen LogP contribution in [0.1, 0.15) is 12.8 Å². The van der Waals surface area contributed by atoms with Gasteiger partial charge in [0, 0.05) is 5.92 Å². The zero-order chi connectivity index (χ0) is 7.42. The third kappa shape index (κ3) is 0.632. The van der Waals surface area contributed by atoms with E-state index >= 15 is 0 Å². The molecule has 0 aromatic carbocycles. The Morgan fingerprint density at radius 2 is 2.36 bits per heavy atom. The molecule has 11 heavy (non-hydrogen) atoms. The van der Waals surface area contributed by atoms with Crippen LogP contribution < -0.4 is 0 Å². The van der Waals surface area contributed by atoms with E-state index in [1.54, 1.807) is 6.08 Å². The molecular formula is C9H10O2. The molecule has 2 bridgehead atoms. The van der Waals surface area contributed by atoms with Gasteiger partial charge in [-0.25, -0.2) is 0 Å². The van der Waals surface area contributed by atoms with Crippen molar-refractivity contribution in [2.45, 2.75) is 25.0 Å². The van der Waals surface area contributed by atoms with Crippen molar-refractivity contribution in [3.05, 3.63) is 12.2 Å². The minimum Gasteiger partial charge on any atom is -0.374 e. The third-order valence-electron chi connectivity index (χ3n) is 3.09. The Hall–Kier alpha value is -0.630. The number of ether oxygens (including phenoxy) is 1. The van der Waals surface area contributed by atoms with Crippen LogP contribution in [0.25, 0.3) is 0 Å².